The van der Waals surface area contributed by atoms with Gasteiger partial charge in [-0.05, 0) is 24.1 Å². The molecule has 0 fully saturated rings. The van der Waals surface area contributed by atoms with Gasteiger partial charge in [-0.2, -0.15) is 0 Å². The Hall–Kier alpha value is -2.39. The van der Waals surface area contributed by atoms with Gasteiger partial charge in [-0.1, -0.05) is 56.3 Å². The van der Waals surface area contributed by atoms with Crippen LogP contribution in [0, 0.1) is 0 Å². The van der Waals surface area contributed by atoms with E-state index in [4.69, 9.17) is 10.1 Å². The van der Waals surface area contributed by atoms with E-state index in [0.717, 1.165) is 28.3 Å². The molecule has 1 N–H and O–H groups in total. The summed E-state index contributed by atoms with van der Waals surface area (Å²) in [6.07, 6.45) is 2.79. The minimum absolute atomic E-state index is 0.180. The quantitative estimate of drug-likeness (QED) is 0.767. The fourth-order valence-corrected chi connectivity index (χ4v) is 2.71. The van der Waals surface area contributed by atoms with Crippen LogP contribution in [0.15, 0.2) is 60.8 Å². The number of aliphatic hydroxyl groups is 1. The van der Waals surface area contributed by atoms with Gasteiger partial charge in [0.2, 0.25) is 0 Å². The van der Waals surface area contributed by atoms with Gasteiger partial charge in [-0.15, -0.1) is 0 Å². The van der Waals surface area contributed by atoms with Crippen molar-refractivity contribution in [1.29, 1.82) is 0 Å². The van der Waals surface area contributed by atoms with Gasteiger partial charge in [-0.3, -0.25) is 0 Å². The van der Waals surface area contributed by atoms with Gasteiger partial charge in [0.25, 0.3) is 0 Å². The molecule has 3 heteroatoms. The molecule has 3 aromatic rings. The van der Waals surface area contributed by atoms with Crippen LogP contribution in [-0.2, 0) is 6.42 Å². The van der Waals surface area contributed by atoms with Crippen LogP contribution in [0.5, 0.6) is 0 Å². The molecule has 0 atom stereocenters. The predicted octanol–water partition coefficient (Wildman–Crippen LogP) is 4.20. The van der Waals surface area contributed by atoms with E-state index < -0.39 is 0 Å². The highest BCUT2D eigenvalue weighted by Gasteiger charge is 2.13. The first-order chi connectivity index (χ1) is 11.2. The van der Waals surface area contributed by atoms with Crippen molar-refractivity contribution in [2.24, 2.45) is 0 Å². The lowest BCUT2D eigenvalue weighted by molar-refractivity contribution is 0.299. The summed E-state index contributed by atoms with van der Waals surface area (Å²) in [4.78, 5) is 4.84. The van der Waals surface area contributed by atoms with Crippen molar-refractivity contribution in [2.45, 2.75) is 26.2 Å². The summed E-state index contributed by atoms with van der Waals surface area (Å²) in [5.74, 6) is 1.39. The van der Waals surface area contributed by atoms with E-state index in [1.807, 2.05) is 18.2 Å². The van der Waals surface area contributed by atoms with Gasteiger partial charge in [0.05, 0.1) is 5.69 Å². The zero-order chi connectivity index (χ0) is 16.2. The van der Waals surface area contributed by atoms with E-state index in [1.165, 1.54) is 0 Å². The van der Waals surface area contributed by atoms with Crippen LogP contribution in [0.3, 0.4) is 0 Å². The van der Waals surface area contributed by atoms with E-state index in [9.17, 15) is 0 Å². The van der Waals surface area contributed by atoms with E-state index in [0.29, 0.717) is 12.3 Å². The van der Waals surface area contributed by atoms with Crippen molar-refractivity contribution in [3.8, 4) is 16.9 Å². The monoisotopic (exact) mass is 306 g/mol. The fraction of sp³-hybridized carbons (Fsp3) is 0.250. The van der Waals surface area contributed by atoms with Gasteiger partial charge < -0.3 is 9.67 Å². The molecule has 0 aliphatic rings. The SMILES string of the molecule is CC(C)c1nc(-c2ccccc2)cn1-c1ccc(CCO)cc1. The van der Waals surface area contributed by atoms with Crippen molar-refractivity contribution in [3.05, 3.63) is 72.2 Å². The van der Waals surface area contributed by atoms with Gasteiger partial charge in [-0.25, -0.2) is 4.98 Å². The summed E-state index contributed by atoms with van der Waals surface area (Å²) in [6, 6.07) is 18.6. The summed E-state index contributed by atoms with van der Waals surface area (Å²) in [5.41, 5.74) is 4.37. The van der Waals surface area contributed by atoms with Crippen LogP contribution in [0.4, 0.5) is 0 Å². The molecule has 23 heavy (non-hydrogen) atoms. The molecule has 0 amide bonds. The molecule has 3 rings (SSSR count). The second kappa shape index (κ2) is 6.80. The highest BCUT2D eigenvalue weighted by atomic mass is 16.2. The van der Waals surface area contributed by atoms with Crippen LogP contribution in [0.25, 0.3) is 16.9 Å². The van der Waals surface area contributed by atoms with Gasteiger partial charge in [0, 0.05) is 30.0 Å². The Kier molecular flexibility index (Phi) is 4.58. The normalized spacial score (nSPS) is 11.1. The third kappa shape index (κ3) is 3.35. The lowest BCUT2D eigenvalue weighted by atomic mass is 10.1. The Morgan fingerprint density at radius 3 is 2.30 bits per heavy atom. The molecule has 118 valence electrons. The molecular weight excluding hydrogens is 284 g/mol. The molecule has 1 aromatic heterocycles. The topological polar surface area (TPSA) is 38.0 Å². The van der Waals surface area contributed by atoms with Crippen LogP contribution < -0.4 is 0 Å². The third-order valence-electron chi connectivity index (χ3n) is 3.93. The number of hydrogen-bond donors (Lipinski definition) is 1. The second-order valence-electron chi connectivity index (χ2n) is 6.02. The zero-order valence-electron chi connectivity index (χ0n) is 13.6. The molecule has 0 saturated heterocycles. The minimum Gasteiger partial charge on any atom is -0.396 e. The molecule has 0 saturated carbocycles. The Bertz CT molecular complexity index is 758. The van der Waals surface area contributed by atoms with Crippen LogP contribution in [0.2, 0.25) is 0 Å². The highest BCUT2D eigenvalue weighted by Crippen LogP contribution is 2.25. The maximum atomic E-state index is 9.04. The van der Waals surface area contributed by atoms with E-state index in [1.54, 1.807) is 0 Å². The van der Waals surface area contributed by atoms with E-state index >= 15 is 0 Å². The molecular formula is C20H22N2O. The maximum Gasteiger partial charge on any atom is 0.116 e. The fourth-order valence-electron chi connectivity index (χ4n) is 2.71. The molecule has 0 spiro atoms. The van der Waals surface area contributed by atoms with E-state index in [-0.39, 0.29) is 6.61 Å². The molecule has 0 aliphatic heterocycles. The molecule has 2 aromatic carbocycles. The molecule has 0 radical (unpaired) electrons. The molecule has 0 unspecified atom stereocenters. The summed E-state index contributed by atoms with van der Waals surface area (Å²) >= 11 is 0. The predicted molar refractivity (Wildman–Crippen MR) is 93.9 cm³/mol. The van der Waals surface area contributed by atoms with Crippen LogP contribution in [0.1, 0.15) is 31.2 Å². The third-order valence-corrected chi connectivity index (χ3v) is 3.93. The number of imidazole rings is 1. The zero-order valence-corrected chi connectivity index (χ0v) is 13.6. The minimum atomic E-state index is 0.180. The highest BCUT2D eigenvalue weighted by molar-refractivity contribution is 5.59. The van der Waals surface area contributed by atoms with Crippen molar-refractivity contribution in [3.63, 3.8) is 0 Å². The number of nitrogens with zero attached hydrogens (tertiary/aromatic N) is 2. The number of benzene rings is 2. The average molecular weight is 306 g/mol. The van der Waals surface area contributed by atoms with Crippen molar-refractivity contribution in [1.82, 2.24) is 9.55 Å². The summed E-state index contributed by atoms with van der Waals surface area (Å²) < 4.78 is 2.16. The Labute approximate surface area is 137 Å². The Morgan fingerprint density at radius 1 is 1.00 bits per heavy atom. The second-order valence-corrected chi connectivity index (χ2v) is 6.02. The van der Waals surface area contributed by atoms with Crippen LogP contribution >= 0.6 is 0 Å². The van der Waals surface area contributed by atoms with Gasteiger partial charge in [0.15, 0.2) is 0 Å². The Balaban J connectivity index is 2.02. The van der Waals surface area contributed by atoms with Crippen LogP contribution in [-0.4, -0.2) is 21.3 Å². The Morgan fingerprint density at radius 2 is 1.70 bits per heavy atom. The smallest absolute Gasteiger partial charge is 0.116 e. The molecule has 0 bridgehead atoms. The van der Waals surface area contributed by atoms with Crippen molar-refractivity contribution < 1.29 is 5.11 Å². The maximum absolute atomic E-state index is 9.04. The first kappa shape index (κ1) is 15.5. The molecule has 0 aliphatic carbocycles. The van der Waals surface area contributed by atoms with Gasteiger partial charge >= 0.3 is 0 Å². The summed E-state index contributed by atoms with van der Waals surface area (Å²) in [6.45, 7) is 4.50. The average Bonchev–Trinajstić information content (AvgIpc) is 3.02. The first-order valence-electron chi connectivity index (χ1n) is 8.04. The summed E-state index contributed by atoms with van der Waals surface area (Å²) in [7, 11) is 0. The van der Waals surface area contributed by atoms with E-state index in [2.05, 4.69) is 61.0 Å². The number of aliphatic hydroxyl groups excluding tert-OH is 1. The first-order valence-corrected chi connectivity index (χ1v) is 8.04. The molecule has 3 nitrogen and oxygen atoms in total. The largest absolute Gasteiger partial charge is 0.396 e. The lowest BCUT2D eigenvalue weighted by Gasteiger charge is -2.10. The lowest BCUT2D eigenvalue weighted by Crippen LogP contribution is -2.02. The van der Waals surface area contributed by atoms with Gasteiger partial charge in [0.1, 0.15) is 5.82 Å². The standard InChI is InChI=1S/C20H22N2O/c1-15(2)20-21-19(17-6-4-3-5-7-17)14-22(20)18-10-8-16(9-11-18)12-13-23/h3-11,14-15,23H,12-13H2,1-2H3. The summed E-state index contributed by atoms with van der Waals surface area (Å²) in [5, 5.41) is 9.04. The number of rotatable bonds is 5. The number of hydrogen-bond acceptors (Lipinski definition) is 2. The van der Waals surface area contributed by atoms with Crippen molar-refractivity contribution in [2.75, 3.05) is 6.61 Å². The number of aromatic nitrogens is 2. The van der Waals surface area contributed by atoms with Crippen molar-refractivity contribution >= 4 is 0 Å². The molecule has 1 heterocycles.